The first kappa shape index (κ1) is 19.6. The van der Waals surface area contributed by atoms with Gasteiger partial charge in [-0.3, -0.25) is 0 Å². The number of nitrogens with zero attached hydrogens (tertiary/aromatic N) is 3. The van der Waals surface area contributed by atoms with E-state index in [1.807, 2.05) is 0 Å². The molecule has 5 N–H and O–H groups in total. The van der Waals surface area contributed by atoms with Crippen molar-refractivity contribution >= 4 is 16.9 Å². The van der Waals surface area contributed by atoms with Crippen molar-refractivity contribution in [2.75, 3.05) is 5.73 Å². The van der Waals surface area contributed by atoms with Crippen LogP contribution >= 0.6 is 0 Å². The number of aliphatic hydroxyl groups excluding tert-OH is 2. The number of hydrogen-bond donors (Lipinski definition) is 4. The highest BCUT2D eigenvalue weighted by Gasteiger charge is 2.55. The van der Waals surface area contributed by atoms with Crippen LogP contribution in [0.15, 0.2) is 42.9 Å². The lowest BCUT2D eigenvalue weighted by Gasteiger charge is -2.29. The van der Waals surface area contributed by atoms with Gasteiger partial charge in [0.15, 0.2) is 6.23 Å². The van der Waals surface area contributed by atoms with Gasteiger partial charge in [-0.05, 0) is 24.6 Å². The molecule has 1 fully saturated rings. The van der Waals surface area contributed by atoms with Crippen LogP contribution in [0, 0.1) is 0 Å². The maximum Gasteiger partial charge on any atom is 0.263 e. The van der Waals surface area contributed by atoms with Gasteiger partial charge in [0, 0.05) is 11.8 Å². The van der Waals surface area contributed by atoms with Crippen LogP contribution in [0.2, 0.25) is 0 Å². The maximum absolute atomic E-state index is 13.0. The average molecular weight is 406 g/mol. The quantitative estimate of drug-likeness (QED) is 0.519. The summed E-state index contributed by atoms with van der Waals surface area (Å²) in [4.78, 5) is 8.04. The van der Waals surface area contributed by atoms with Crippen molar-refractivity contribution in [3.05, 3.63) is 54.0 Å². The summed E-state index contributed by atoms with van der Waals surface area (Å²) in [6, 6.07) is 6.87. The molecule has 0 saturated carbocycles. The summed E-state index contributed by atoms with van der Waals surface area (Å²) < 4.78 is 33.3. The van der Waals surface area contributed by atoms with E-state index in [4.69, 9.17) is 10.5 Å². The number of alkyl halides is 2. The number of fused-ring (bicyclic) bond motifs is 1. The molecular formula is C19H20F2N4O4. The van der Waals surface area contributed by atoms with Crippen molar-refractivity contribution in [3.8, 4) is 0 Å². The number of aromatic nitrogens is 3. The third-order valence-electron chi connectivity index (χ3n) is 5.34. The van der Waals surface area contributed by atoms with Crippen LogP contribution in [-0.4, -0.2) is 47.7 Å². The van der Waals surface area contributed by atoms with E-state index in [9.17, 15) is 24.1 Å². The van der Waals surface area contributed by atoms with Gasteiger partial charge >= 0.3 is 0 Å². The van der Waals surface area contributed by atoms with Crippen LogP contribution in [0.4, 0.5) is 14.6 Å². The summed E-state index contributed by atoms with van der Waals surface area (Å²) >= 11 is 0. The summed E-state index contributed by atoms with van der Waals surface area (Å²) in [7, 11) is 0. The number of aliphatic hydroxyl groups is 3. The Morgan fingerprint density at radius 3 is 2.69 bits per heavy atom. The molecule has 0 bridgehead atoms. The Labute approximate surface area is 164 Å². The Morgan fingerprint density at radius 1 is 1.24 bits per heavy atom. The first-order valence-electron chi connectivity index (χ1n) is 8.90. The molecule has 10 heteroatoms. The summed E-state index contributed by atoms with van der Waals surface area (Å²) in [6.07, 6.45) is -5.14. The summed E-state index contributed by atoms with van der Waals surface area (Å²) in [5, 5.41) is 32.9. The molecule has 5 atom stereocenters. The van der Waals surface area contributed by atoms with Crippen LogP contribution in [0.3, 0.4) is 0 Å². The van der Waals surface area contributed by atoms with Gasteiger partial charge < -0.3 is 30.4 Å². The Morgan fingerprint density at radius 2 is 1.97 bits per heavy atom. The number of nitrogens with two attached hydrogens (primary N) is 1. The third-order valence-corrected chi connectivity index (χ3v) is 5.34. The molecule has 1 aromatic carbocycles. The fourth-order valence-electron chi connectivity index (χ4n) is 3.68. The van der Waals surface area contributed by atoms with Crippen molar-refractivity contribution in [1.82, 2.24) is 14.5 Å². The topological polar surface area (TPSA) is 127 Å². The smallest absolute Gasteiger partial charge is 0.263 e. The molecule has 1 aliphatic rings. The molecule has 3 aromatic rings. The molecule has 8 nitrogen and oxygen atoms in total. The van der Waals surface area contributed by atoms with Crippen LogP contribution < -0.4 is 5.73 Å². The molecule has 1 saturated heterocycles. The van der Waals surface area contributed by atoms with Crippen LogP contribution in [0.5, 0.6) is 0 Å². The zero-order chi connectivity index (χ0) is 20.9. The second-order valence-corrected chi connectivity index (χ2v) is 7.25. The minimum absolute atomic E-state index is 0.143. The van der Waals surface area contributed by atoms with Gasteiger partial charge in [0.25, 0.3) is 6.43 Å². The standard InChI is InChI=1S/C19H20F2N4O4/c1-19(28)13(27)18(25-6-5-11-16(22)23-8-24-17(11)25)29-14(19)12(26)9-3-2-4-10(7-9)15(20)21/h2-8,12-15,18,26-28H,1H3,(H2,22,23,24)/t12-,13+,14-,18-,19+/m1/s1. The lowest BCUT2D eigenvalue weighted by molar-refractivity contribution is -0.115. The van der Waals surface area contributed by atoms with Crippen LogP contribution in [0.25, 0.3) is 11.0 Å². The average Bonchev–Trinajstić information content (AvgIpc) is 3.22. The van der Waals surface area contributed by atoms with Gasteiger partial charge in [-0.1, -0.05) is 18.2 Å². The van der Waals surface area contributed by atoms with E-state index in [1.54, 1.807) is 12.3 Å². The highest BCUT2D eigenvalue weighted by atomic mass is 19.3. The number of ether oxygens (including phenoxy) is 1. The molecule has 1 aliphatic heterocycles. The normalized spacial score (nSPS) is 28.3. The van der Waals surface area contributed by atoms with Gasteiger partial charge in [-0.2, -0.15) is 0 Å². The minimum Gasteiger partial charge on any atom is -0.386 e. The highest BCUT2D eigenvalue weighted by Crippen LogP contribution is 2.43. The second-order valence-electron chi connectivity index (χ2n) is 7.25. The minimum atomic E-state index is -2.71. The van der Waals surface area contributed by atoms with Crippen molar-refractivity contribution in [2.24, 2.45) is 0 Å². The molecule has 0 unspecified atom stereocenters. The summed E-state index contributed by atoms with van der Waals surface area (Å²) in [6.45, 7) is 1.32. The molecule has 2 aromatic heterocycles. The number of rotatable bonds is 4. The van der Waals surface area contributed by atoms with Crippen LogP contribution in [0.1, 0.15) is 36.8 Å². The van der Waals surface area contributed by atoms with Crippen molar-refractivity contribution in [1.29, 1.82) is 0 Å². The zero-order valence-electron chi connectivity index (χ0n) is 15.4. The lowest BCUT2D eigenvalue weighted by atomic mass is 9.88. The molecule has 4 rings (SSSR count). The van der Waals surface area contributed by atoms with E-state index in [-0.39, 0.29) is 16.9 Å². The SMILES string of the molecule is C[C@@]1(O)[C@@H]([C@H](O)c2cccc(C(F)F)c2)O[C@@H](n2ccc3c(N)ncnc32)[C@@H]1O. The Kier molecular flexibility index (Phi) is 4.74. The first-order chi connectivity index (χ1) is 13.7. The van der Waals surface area contributed by atoms with E-state index < -0.39 is 36.6 Å². The molecule has 0 spiro atoms. The lowest BCUT2D eigenvalue weighted by Crippen LogP contribution is -2.47. The van der Waals surface area contributed by atoms with Gasteiger partial charge in [-0.15, -0.1) is 0 Å². The predicted octanol–water partition coefficient (Wildman–Crippen LogP) is 1.69. The van der Waals surface area contributed by atoms with E-state index in [0.29, 0.717) is 11.0 Å². The molecule has 154 valence electrons. The monoisotopic (exact) mass is 406 g/mol. The van der Waals surface area contributed by atoms with E-state index in [1.165, 1.54) is 36.0 Å². The molecule has 3 heterocycles. The number of nitrogen functional groups attached to an aromatic ring is 1. The third kappa shape index (κ3) is 3.14. The van der Waals surface area contributed by atoms with Gasteiger partial charge in [0.1, 0.15) is 41.7 Å². The maximum atomic E-state index is 13.0. The fourth-order valence-corrected chi connectivity index (χ4v) is 3.68. The second kappa shape index (κ2) is 6.99. The van der Waals surface area contributed by atoms with E-state index in [0.717, 1.165) is 6.07 Å². The Bertz CT molecular complexity index is 1040. The Balaban J connectivity index is 1.69. The van der Waals surface area contributed by atoms with Gasteiger partial charge in [-0.25, -0.2) is 18.7 Å². The number of hydrogen-bond acceptors (Lipinski definition) is 7. The van der Waals surface area contributed by atoms with Crippen molar-refractivity contribution in [3.63, 3.8) is 0 Å². The largest absolute Gasteiger partial charge is 0.386 e. The number of benzene rings is 1. The molecule has 0 radical (unpaired) electrons. The molecule has 29 heavy (non-hydrogen) atoms. The summed E-state index contributed by atoms with van der Waals surface area (Å²) in [5.41, 5.74) is 4.21. The highest BCUT2D eigenvalue weighted by molar-refractivity contribution is 5.86. The Hall–Kier alpha value is -2.66. The van der Waals surface area contributed by atoms with E-state index in [2.05, 4.69) is 9.97 Å². The number of halogens is 2. The fraction of sp³-hybridized carbons (Fsp3) is 0.368. The van der Waals surface area contributed by atoms with E-state index >= 15 is 0 Å². The predicted molar refractivity (Wildman–Crippen MR) is 98.8 cm³/mol. The zero-order valence-corrected chi connectivity index (χ0v) is 15.4. The van der Waals surface area contributed by atoms with Gasteiger partial charge in [0.2, 0.25) is 0 Å². The molecule has 0 aliphatic carbocycles. The number of anilines is 1. The summed E-state index contributed by atoms with van der Waals surface area (Å²) in [5.74, 6) is 0.244. The van der Waals surface area contributed by atoms with Crippen molar-refractivity contribution in [2.45, 2.75) is 43.5 Å². The van der Waals surface area contributed by atoms with Crippen LogP contribution in [-0.2, 0) is 4.74 Å². The first-order valence-corrected chi connectivity index (χ1v) is 8.90. The molecular weight excluding hydrogens is 386 g/mol. The molecule has 0 amide bonds. The van der Waals surface area contributed by atoms with Crippen molar-refractivity contribution < 1.29 is 28.8 Å². The van der Waals surface area contributed by atoms with Gasteiger partial charge in [0.05, 0.1) is 5.39 Å².